The molecule has 1 N–H and O–H groups in total. The molecule has 0 radical (unpaired) electrons. The Morgan fingerprint density at radius 3 is 2.77 bits per heavy atom. The molecule has 26 heavy (non-hydrogen) atoms. The van der Waals surface area contributed by atoms with Crippen molar-refractivity contribution in [3.05, 3.63) is 11.2 Å². The van der Waals surface area contributed by atoms with Crippen LogP contribution in [0.2, 0.25) is 5.15 Å². The number of thioether (sulfide) groups is 1. The van der Waals surface area contributed by atoms with Gasteiger partial charge in [-0.15, -0.1) is 0 Å². The maximum absolute atomic E-state index is 12.0. The van der Waals surface area contributed by atoms with E-state index in [9.17, 15) is 9.59 Å². The molecule has 1 aliphatic heterocycles. The summed E-state index contributed by atoms with van der Waals surface area (Å²) in [4.78, 5) is 36.5. The topological polar surface area (TPSA) is 78.4 Å². The number of halogens is 1. The third kappa shape index (κ3) is 5.74. The molecule has 0 spiro atoms. The number of rotatable bonds is 7. The fourth-order valence-electron chi connectivity index (χ4n) is 2.80. The number of carbonyl (C=O) groups is 2. The molecule has 0 unspecified atom stereocenters. The molecule has 1 saturated heterocycles. The summed E-state index contributed by atoms with van der Waals surface area (Å²) in [5.41, 5.74) is 0. The minimum Gasteiger partial charge on any atom is -0.355 e. The van der Waals surface area contributed by atoms with Gasteiger partial charge in [0, 0.05) is 44.7 Å². The van der Waals surface area contributed by atoms with Crippen molar-refractivity contribution in [1.29, 1.82) is 0 Å². The van der Waals surface area contributed by atoms with E-state index in [-0.39, 0.29) is 23.6 Å². The van der Waals surface area contributed by atoms with Crippen molar-refractivity contribution in [1.82, 2.24) is 20.2 Å². The van der Waals surface area contributed by atoms with Crippen LogP contribution in [-0.2, 0) is 9.59 Å². The van der Waals surface area contributed by atoms with Gasteiger partial charge in [0.05, 0.1) is 5.75 Å². The Kier molecular flexibility index (Phi) is 7.96. The van der Waals surface area contributed by atoms with Crippen molar-refractivity contribution < 1.29 is 9.59 Å². The lowest BCUT2D eigenvalue weighted by Gasteiger charge is -2.40. The normalized spacial score (nSPS) is 17.3. The third-order valence-electron chi connectivity index (χ3n) is 4.14. The molecule has 1 fully saturated rings. The number of nitrogens with zero attached hydrogens (tertiary/aromatic N) is 4. The second-order valence-corrected chi connectivity index (χ2v) is 7.54. The highest BCUT2D eigenvalue weighted by Crippen LogP contribution is 2.24. The molecule has 2 heterocycles. The minimum atomic E-state index is -0.0395. The molecule has 0 aliphatic carbocycles. The molecule has 7 nitrogen and oxygen atoms in total. The van der Waals surface area contributed by atoms with Crippen molar-refractivity contribution in [2.45, 2.75) is 44.8 Å². The van der Waals surface area contributed by atoms with E-state index in [2.05, 4.69) is 20.2 Å². The molecule has 1 atom stereocenters. The van der Waals surface area contributed by atoms with E-state index in [0.29, 0.717) is 42.9 Å². The summed E-state index contributed by atoms with van der Waals surface area (Å²) in [6.07, 6.45) is 1.42. The van der Waals surface area contributed by atoms with Gasteiger partial charge in [-0.3, -0.25) is 9.59 Å². The Bertz CT molecular complexity index is 646. The van der Waals surface area contributed by atoms with Crippen molar-refractivity contribution in [2.24, 2.45) is 0 Å². The van der Waals surface area contributed by atoms with Crippen molar-refractivity contribution >= 4 is 41.0 Å². The Labute approximate surface area is 163 Å². The van der Waals surface area contributed by atoms with Crippen LogP contribution >= 0.6 is 23.4 Å². The van der Waals surface area contributed by atoms with Crippen LogP contribution in [0.4, 0.5) is 5.82 Å². The number of piperazine rings is 1. The van der Waals surface area contributed by atoms with E-state index in [1.54, 1.807) is 6.07 Å². The standard InChI is InChI=1S/C17H26ClN5O2S/c1-4-6-19-15(24)11-26-17-20-13(18)9-14(21-17)22-7-8-23(12(3)10-22)16(25)5-2/h9,12H,4-8,10-11H2,1-3H3,(H,19,24)/t12-/m1/s1. The second kappa shape index (κ2) is 9.97. The fourth-order valence-corrected chi connectivity index (χ4v) is 3.71. The molecule has 1 aromatic heterocycles. The Balaban J connectivity index is 2.01. The fraction of sp³-hybridized carbons (Fsp3) is 0.647. The summed E-state index contributed by atoms with van der Waals surface area (Å²) >= 11 is 7.42. The number of aromatic nitrogens is 2. The van der Waals surface area contributed by atoms with Crippen LogP contribution in [0.3, 0.4) is 0 Å². The predicted octanol–water partition coefficient (Wildman–Crippen LogP) is 2.20. The number of nitrogens with one attached hydrogen (secondary N) is 1. The number of hydrogen-bond donors (Lipinski definition) is 1. The van der Waals surface area contributed by atoms with Gasteiger partial charge in [0.15, 0.2) is 5.16 Å². The molecule has 0 saturated carbocycles. The maximum atomic E-state index is 12.0. The monoisotopic (exact) mass is 399 g/mol. The van der Waals surface area contributed by atoms with E-state index in [1.165, 1.54) is 11.8 Å². The van der Waals surface area contributed by atoms with E-state index < -0.39 is 0 Å². The highest BCUT2D eigenvalue weighted by molar-refractivity contribution is 7.99. The van der Waals surface area contributed by atoms with Crippen molar-refractivity contribution in [3.8, 4) is 0 Å². The summed E-state index contributed by atoms with van der Waals surface area (Å²) in [6, 6.07) is 1.84. The van der Waals surface area contributed by atoms with Gasteiger partial charge in [-0.1, -0.05) is 37.2 Å². The summed E-state index contributed by atoms with van der Waals surface area (Å²) in [7, 11) is 0. The lowest BCUT2D eigenvalue weighted by molar-refractivity contribution is -0.133. The smallest absolute Gasteiger partial charge is 0.230 e. The van der Waals surface area contributed by atoms with Gasteiger partial charge in [0.1, 0.15) is 11.0 Å². The molecule has 0 aromatic carbocycles. The summed E-state index contributed by atoms with van der Waals surface area (Å²) in [6.45, 7) is 8.65. The van der Waals surface area contributed by atoms with Gasteiger partial charge in [-0.05, 0) is 13.3 Å². The highest BCUT2D eigenvalue weighted by atomic mass is 35.5. The second-order valence-electron chi connectivity index (χ2n) is 6.21. The molecule has 1 aliphatic rings. The Hall–Kier alpha value is -1.54. The summed E-state index contributed by atoms with van der Waals surface area (Å²) in [5.74, 6) is 1.13. The number of hydrogen-bond acceptors (Lipinski definition) is 6. The molecule has 1 aromatic rings. The molecule has 144 valence electrons. The largest absolute Gasteiger partial charge is 0.355 e. The first-order valence-corrected chi connectivity index (χ1v) is 10.3. The number of carbonyl (C=O) groups excluding carboxylic acids is 2. The van der Waals surface area contributed by atoms with E-state index in [4.69, 9.17) is 11.6 Å². The van der Waals surface area contributed by atoms with Crippen LogP contribution in [0, 0.1) is 0 Å². The van der Waals surface area contributed by atoms with Gasteiger partial charge >= 0.3 is 0 Å². The quantitative estimate of drug-likeness (QED) is 0.430. The average Bonchev–Trinajstić information content (AvgIpc) is 2.63. The maximum Gasteiger partial charge on any atom is 0.230 e. The molecule has 9 heteroatoms. The molecule has 0 bridgehead atoms. The van der Waals surface area contributed by atoms with Crippen LogP contribution in [0.15, 0.2) is 11.2 Å². The first-order chi connectivity index (χ1) is 12.4. The zero-order valence-corrected chi connectivity index (χ0v) is 17.1. The van der Waals surface area contributed by atoms with Crippen LogP contribution in [0.5, 0.6) is 0 Å². The van der Waals surface area contributed by atoms with Crippen molar-refractivity contribution in [3.63, 3.8) is 0 Å². The summed E-state index contributed by atoms with van der Waals surface area (Å²) in [5, 5.41) is 3.66. The SMILES string of the molecule is CCCNC(=O)CSc1nc(Cl)cc(N2CCN(C(=O)CC)[C@H](C)C2)n1. The Morgan fingerprint density at radius 1 is 1.35 bits per heavy atom. The number of amides is 2. The lowest BCUT2D eigenvalue weighted by Crippen LogP contribution is -2.54. The molecule has 2 amide bonds. The molecular weight excluding hydrogens is 374 g/mol. The average molecular weight is 400 g/mol. The van der Waals surface area contributed by atoms with Crippen molar-refractivity contribution in [2.75, 3.05) is 36.8 Å². The molecule has 2 rings (SSSR count). The Morgan fingerprint density at radius 2 is 2.12 bits per heavy atom. The van der Waals surface area contributed by atoms with E-state index in [0.717, 1.165) is 12.2 Å². The van der Waals surface area contributed by atoms with E-state index >= 15 is 0 Å². The van der Waals surface area contributed by atoms with Gasteiger partial charge in [-0.2, -0.15) is 0 Å². The van der Waals surface area contributed by atoms with E-state index in [1.807, 2.05) is 25.7 Å². The van der Waals surface area contributed by atoms with Gasteiger partial charge in [-0.25, -0.2) is 9.97 Å². The van der Waals surface area contributed by atoms with Crippen LogP contribution in [-0.4, -0.2) is 64.7 Å². The highest BCUT2D eigenvalue weighted by Gasteiger charge is 2.27. The zero-order chi connectivity index (χ0) is 19.1. The summed E-state index contributed by atoms with van der Waals surface area (Å²) < 4.78 is 0. The first-order valence-electron chi connectivity index (χ1n) is 8.93. The number of anilines is 1. The van der Waals surface area contributed by atoms with Crippen LogP contribution in [0.25, 0.3) is 0 Å². The predicted molar refractivity (Wildman–Crippen MR) is 105 cm³/mol. The van der Waals surface area contributed by atoms with Gasteiger partial charge < -0.3 is 15.1 Å². The van der Waals surface area contributed by atoms with Crippen LogP contribution in [0.1, 0.15) is 33.6 Å². The van der Waals surface area contributed by atoms with Gasteiger partial charge in [0.25, 0.3) is 0 Å². The lowest BCUT2D eigenvalue weighted by atomic mass is 10.1. The first kappa shape index (κ1) is 20.8. The zero-order valence-electron chi connectivity index (χ0n) is 15.5. The van der Waals surface area contributed by atoms with Gasteiger partial charge in [0.2, 0.25) is 11.8 Å². The minimum absolute atomic E-state index is 0.0395. The van der Waals surface area contributed by atoms with Crippen LogP contribution < -0.4 is 10.2 Å². The third-order valence-corrected chi connectivity index (χ3v) is 5.18. The molecular formula is C17H26ClN5O2S.